The standard InChI is InChI=1S/C16H18ClNO2.ClH/c17-14-3-1-2-13(8-14)11-20-16-6-4-12(5-7-16)9-15(18)10-19;/h1-8,15,19H,9-11,18H2;1H. The number of benzene rings is 2. The molecule has 1 atom stereocenters. The van der Waals surface area contributed by atoms with Crippen LogP contribution >= 0.6 is 24.0 Å². The van der Waals surface area contributed by atoms with Gasteiger partial charge in [0, 0.05) is 11.1 Å². The highest BCUT2D eigenvalue weighted by molar-refractivity contribution is 6.30. The maximum atomic E-state index is 8.92. The van der Waals surface area contributed by atoms with Crippen molar-refractivity contribution in [1.29, 1.82) is 0 Å². The first-order chi connectivity index (χ1) is 9.67. The normalized spacial score (nSPS) is 11.6. The Bertz CT molecular complexity index is 546. The first-order valence-electron chi connectivity index (χ1n) is 6.50. The third kappa shape index (κ3) is 5.94. The molecule has 0 heterocycles. The highest BCUT2D eigenvalue weighted by Gasteiger charge is 2.03. The number of halogens is 2. The van der Waals surface area contributed by atoms with Crippen molar-refractivity contribution in [3.63, 3.8) is 0 Å². The largest absolute Gasteiger partial charge is 0.489 e. The summed E-state index contributed by atoms with van der Waals surface area (Å²) in [4.78, 5) is 0. The van der Waals surface area contributed by atoms with E-state index in [-0.39, 0.29) is 25.1 Å². The number of hydrogen-bond acceptors (Lipinski definition) is 3. The van der Waals surface area contributed by atoms with Gasteiger partial charge in [0.15, 0.2) is 0 Å². The van der Waals surface area contributed by atoms with Crippen molar-refractivity contribution in [2.45, 2.75) is 19.1 Å². The second kappa shape index (κ2) is 8.90. The van der Waals surface area contributed by atoms with Crippen LogP contribution in [0, 0.1) is 0 Å². The molecule has 0 saturated heterocycles. The molecule has 0 fully saturated rings. The van der Waals surface area contributed by atoms with Crippen molar-refractivity contribution in [3.8, 4) is 5.75 Å². The molecule has 5 heteroatoms. The Balaban J connectivity index is 0.00000220. The molecule has 114 valence electrons. The van der Waals surface area contributed by atoms with E-state index >= 15 is 0 Å². The van der Waals surface area contributed by atoms with Crippen LogP contribution in [0.4, 0.5) is 0 Å². The molecule has 1 unspecified atom stereocenters. The molecule has 0 aliphatic heterocycles. The van der Waals surface area contributed by atoms with Gasteiger partial charge in [-0.25, -0.2) is 0 Å². The molecule has 0 spiro atoms. The van der Waals surface area contributed by atoms with Crippen LogP contribution in [0.5, 0.6) is 5.75 Å². The molecule has 3 nitrogen and oxygen atoms in total. The maximum Gasteiger partial charge on any atom is 0.119 e. The van der Waals surface area contributed by atoms with Crippen LogP contribution in [0.2, 0.25) is 5.02 Å². The molecule has 0 aromatic heterocycles. The molecule has 0 saturated carbocycles. The quantitative estimate of drug-likeness (QED) is 0.856. The van der Waals surface area contributed by atoms with Gasteiger partial charge >= 0.3 is 0 Å². The fraction of sp³-hybridized carbons (Fsp3) is 0.250. The van der Waals surface area contributed by atoms with Crippen molar-refractivity contribution in [3.05, 3.63) is 64.7 Å². The predicted molar refractivity (Wildman–Crippen MR) is 88.2 cm³/mol. The molecule has 0 bridgehead atoms. The summed E-state index contributed by atoms with van der Waals surface area (Å²) in [6, 6.07) is 15.1. The van der Waals surface area contributed by atoms with Crippen molar-refractivity contribution in [2.75, 3.05) is 6.61 Å². The van der Waals surface area contributed by atoms with Gasteiger partial charge in [0.05, 0.1) is 6.61 Å². The number of hydrogen-bond donors (Lipinski definition) is 2. The van der Waals surface area contributed by atoms with Crippen LogP contribution in [0.3, 0.4) is 0 Å². The maximum absolute atomic E-state index is 8.92. The number of rotatable bonds is 6. The summed E-state index contributed by atoms with van der Waals surface area (Å²) in [6.45, 7) is 0.475. The third-order valence-corrected chi connectivity index (χ3v) is 3.19. The van der Waals surface area contributed by atoms with Crippen molar-refractivity contribution in [2.24, 2.45) is 5.73 Å². The molecule has 3 N–H and O–H groups in total. The van der Waals surface area contributed by atoms with E-state index < -0.39 is 0 Å². The Morgan fingerprint density at radius 3 is 2.43 bits per heavy atom. The highest BCUT2D eigenvalue weighted by atomic mass is 35.5. The van der Waals surface area contributed by atoms with Crippen LogP contribution in [0.25, 0.3) is 0 Å². The minimum absolute atomic E-state index is 0. The summed E-state index contributed by atoms with van der Waals surface area (Å²) in [5.74, 6) is 0.797. The van der Waals surface area contributed by atoms with Gasteiger partial charge in [0.1, 0.15) is 12.4 Å². The predicted octanol–water partition coefficient (Wildman–Crippen LogP) is 3.20. The number of nitrogens with two attached hydrogens (primary N) is 1. The summed E-state index contributed by atoms with van der Waals surface area (Å²) in [5, 5.41) is 9.63. The molecule has 0 radical (unpaired) electrons. The summed E-state index contributed by atoms with van der Waals surface area (Å²) in [5.41, 5.74) is 7.81. The molecule has 0 aliphatic carbocycles. The van der Waals surface area contributed by atoms with Crippen LogP contribution < -0.4 is 10.5 Å². The molecule has 2 aromatic rings. The molecule has 21 heavy (non-hydrogen) atoms. The Kier molecular flexibility index (Phi) is 7.54. The second-order valence-electron chi connectivity index (χ2n) is 4.71. The highest BCUT2D eigenvalue weighted by Crippen LogP contribution is 2.16. The fourth-order valence-corrected chi connectivity index (χ4v) is 2.10. The van der Waals surface area contributed by atoms with Crippen molar-refractivity contribution < 1.29 is 9.84 Å². The lowest BCUT2D eigenvalue weighted by molar-refractivity contribution is 0.265. The minimum Gasteiger partial charge on any atom is -0.489 e. The van der Waals surface area contributed by atoms with Gasteiger partial charge in [0.25, 0.3) is 0 Å². The molecule has 2 rings (SSSR count). The van der Waals surface area contributed by atoms with E-state index in [9.17, 15) is 0 Å². The fourth-order valence-electron chi connectivity index (χ4n) is 1.88. The average molecular weight is 328 g/mol. The minimum atomic E-state index is -0.215. The van der Waals surface area contributed by atoms with Crippen LogP contribution in [-0.2, 0) is 13.0 Å². The van der Waals surface area contributed by atoms with E-state index in [1.165, 1.54) is 0 Å². The van der Waals surface area contributed by atoms with E-state index in [0.29, 0.717) is 18.1 Å². The lowest BCUT2D eigenvalue weighted by Gasteiger charge is -2.10. The lowest BCUT2D eigenvalue weighted by atomic mass is 10.1. The molecule has 2 aromatic carbocycles. The number of ether oxygens (including phenoxy) is 1. The van der Waals surface area contributed by atoms with Gasteiger partial charge in [-0.05, 0) is 41.8 Å². The first kappa shape index (κ1) is 17.8. The molecular weight excluding hydrogens is 309 g/mol. The van der Waals surface area contributed by atoms with E-state index in [4.69, 9.17) is 27.2 Å². The van der Waals surface area contributed by atoms with Crippen LogP contribution in [0.15, 0.2) is 48.5 Å². The number of aliphatic hydroxyl groups excluding tert-OH is 1. The van der Waals surface area contributed by atoms with Gasteiger partial charge in [-0.3, -0.25) is 0 Å². The first-order valence-corrected chi connectivity index (χ1v) is 6.88. The zero-order chi connectivity index (χ0) is 14.4. The molecular formula is C16H19Cl2NO2. The second-order valence-corrected chi connectivity index (χ2v) is 5.15. The SMILES string of the molecule is Cl.NC(CO)Cc1ccc(OCc2cccc(Cl)c2)cc1. The van der Waals surface area contributed by atoms with E-state index in [1.807, 2.05) is 48.5 Å². The zero-order valence-electron chi connectivity index (χ0n) is 11.5. The third-order valence-electron chi connectivity index (χ3n) is 2.95. The van der Waals surface area contributed by atoms with E-state index in [0.717, 1.165) is 16.9 Å². The van der Waals surface area contributed by atoms with Gasteiger partial charge in [-0.1, -0.05) is 35.9 Å². The van der Waals surface area contributed by atoms with E-state index in [2.05, 4.69) is 0 Å². The monoisotopic (exact) mass is 327 g/mol. The molecule has 0 aliphatic rings. The van der Waals surface area contributed by atoms with Gasteiger partial charge < -0.3 is 15.6 Å². The summed E-state index contributed by atoms with van der Waals surface area (Å²) in [7, 11) is 0. The van der Waals surface area contributed by atoms with Crippen LogP contribution in [0.1, 0.15) is 11.1 Å². The zero-order valence-corrected chi connectivity index (χ0v) is 13.1. The summed E-state index contributed by atoms with van der Waals surface area (Å²) in [6.07, 6.45) is 0.658. The van der Waals surface area contributed by atoms with Gasteiger partial charge in [-0.2, -0.15) is 0 Å². The molecule has 0 amide bonds. The Morgan fingerprint density at radius 2 is 1.81 bits per heavy atom. The van der Waals surface area contributed by atoms with Gasteiger partial charge in [0.2, 0.25) is 0 Å². The smallest absolute Gasteiger partial charge is 0.119 e. The average Bonchev–Trinajstić information content (AvgIpc) is 2.46. The summed E-state index contributed by atoms with van der Waals surface area (Å²) >= 11 is 5.92. The number of aliphatic hydroxyl groups is 1. The lowest BCUT2D eigenvalue weighted by Crippen LogP contribution is -2.26. The van der Waals surface area contributed by atoms with Crippen molar-refractivity contribution in [1.82, 2.24) is 0 Å². The van der Waals surface area contributed by atoms with Gasteiger partial charge in [-0.15, -0.1) is 12.4 Å². The topological polar surface area (TPSA) is 55.5 Å². The Labute approximate surface area is 136 Å². The summed E-state index contributed by atoms with van der Waals surface area (Å²) < 4.78 is 5.69. The Morgan fingerprint density at radius 1 is 1.10 bits per heavy atom. The van der Waals surface area contributed by atoms with E-state index in [1.54, 1.807) is 0 Å². The van der Waals surface area contributed by atoms with Crippen molar-refractivity contribution >= 4 is 24.0 Å². The Hall–Kier alpha value is -1.26. The van der Waals surface area contributed by atoms with Crippen LogP contribution in [-0.4, -0.2) is 17.8 Å².